The summed E-state index contributed by atoms with van der Waals surface area (Å²) in [6, 6.07) is 7.68. The first-order valence-corrected chi connectivity index (χ1v) is 7.07. The topological polar surface area (TPSA) is 72.0 Å². The van der Waals surface area contributed by atoms with Crippen molar-refractivity contribution >= 4 is 23.4 Å². The summed E-state index contributed by atoms with van der Waals surface area (Å²) < 4.78 is 4.98. The van der Waals surface area contributed by atoms with Crippen molar-refractivity contribution in [2.75, 3.05) is 30.9 Å². The van der Waals surface area contributed by atoms with Crippen molar-refractivity contribution in [3.05, 3.63) is 41.0 Å². The highest BCUT2D eigenvalue weighted by molar-refractivity contribution is 6.31. The maximum absolute atomic E-state index is 6.11. The predicted molar refractivity (Wildman–Crippen MR) is 83.6 cm³/mol. The molecule has 0 radical (unpaired) electrons. The number of hydrogen-bond donors (Lipinski definition) is 2. The highest BCUT2D eigenvalue weighted by Gasteiger charge is 2.02. The third-order valence-corrected chi connectivity index (χ3v) is 3.15. The van der Waals surface area contributed by atoms with Gasteiger partial charge in [0.15, 0.2) is 5.82 Å². The molecule has 2 aromatic rings. The normalized spacial score (nSPS) is 10.4. The van der Waals surface area contributed by atoms with Crippen LogP contribution in [-0.4, -0.2) is 35.4 Å². The molecule has 112 valence electrons. The van der Waals surface area contributed by atoms with E-state index in [-0.39, 0.29) is 0 Å². The lowest BCUT2D eigenvalue weighted by atomic mass is 10.2. The molecule has 2 rings (SSSR count). The van der Waals surface area contributed by atoms with Crippen LogP contribution in [0.4, 0.5) is 11.8 Å². The summed E-state index contributed by atoms with van der Waals surface area (Å²) in [5.41, 5.74) is 1.01. The summed E-state index contributed by atoms with van der Waals surface area (Å²) in [6.45, 7) is 2.02. The number of rotatable bonds is 8. The van der Waals surface area contributed by atoms with E-state index < -0.39 is 0 Å². The number of nitrogens with zero attached hydrogens (tertiary/aromatic N) is 3. The molecule has 0 bridgehead atoms. The summed E-state index contributed by atoms with van der Waals surface area (Å²) in [4.78, 5) is 4.34. The lowest BCUT2D eigenvalue weighted by Crippen LogP contribution is -2.10. The van der Waals surface area contributed by atoms with Crippen molar-refractivity contribution < 1.29 is 4.74 Å². The summed E-state index contributed by atoms with van der Waals surface area (Å²) in [7, 11) is 1.68. The van der Waals surface area contributed by atoms with Crippen molar-refractivity contribution in [1.29, 1.82) is 0 Å². The fourth-order valence-corrected chi connectivity index (χ4v) is 1.91. The quantitative estimate of drug-likeness (QED) is 0.730. The van der Waals surface area contributed by atoms with Crippen LogP contribution in [0, 0.1) is 0 Å². The van der Waals surface area contributed by atoms with Crippen molar-refractivity contribution in [3.8, 4) is 0 Å². The fourth-order valence-electron chi connectivity index (χ4n) is 1.71. The SMILES string of the molecule is COCCCNc1nncc(NCc2ccccc2Cl)n1. The van der Waals surface area contributed by atoms with Crippen LogP contribution in [0.15, 0.2) is 30.5 Å². The first kappa shape index (κ1) is 15.5. The van der Waals surface area contributed by atoms with Crippen LogP contribution < -0.4 is 10.6 Å². The van der Waals surface area contributed by atoms with E-state index in [9.17, 15) is 0 Å². The van der Waals surface area contributed by atoms with Gasteiger partial charge in [0.25, 0.3) is 0 Å². The van der Waals surface area contributed by atoms with Gasteiger partial charge in [-0.3, -0.25) is 0 Å². The molecule has 21 heavy (non-hydrogen) atoms. The Balaban J connectivity index is 1.87. The second-order valence-electron chi connectivity index (χ2n) is 4.38. The minimum Gasteiger partial charge on any atom is -0.385 e. The van der Waals surface area contributed by atoms with Gasteiger partial charge in [-0.2, -0.15) is 10.1 Å². The Morgan fingerprint density at radius 3 is 2.90 bits per heavy atom. The van der Waals surface area contributed by atoms with Gasteiger partial charge in [0.2, 0.25) is 5.95 Å². The number of methoxy groups -OCH3 is 1. The van der Waals surface area contributed by atoms with E-state index in [1.165, 1.54) is 0 Å². The molecule has 1 aromatic carbocycles. The summed E-state index contributed by atoms with van der Waals surface area (Å²) in [5, 5.41) is 14.9. The molecule has 0 amide bonds. The highest BCUT2D eigenvalue weighted by Crippen LogP contribution is 2.16. The zero-order valence-electron chi connectivity index (χ0n) is 11.8. The standard InChI is InChI=1S/C14H18ClN5O/c1-21-8-4-7-16-14-19-13(10-18-20-14)17-9-11-5-2-3-6-12(11)15/h2-3,5-6,10H,4,7-9H2,1H3,(H2,16,17,19,20). The van der Waals surface area contributed by atoms with Gasteiger partial charge in [0, 0.05) is 31.8 Å². The Labute approximate surface area is 128 Å². The maximum Gasteiger partial charge on any atom is 0.244 e. The van der Waals surface area contributed by atoms with E-state index in [1.54, 1.807) is 13.3 Å². The molecular weight excluding hydrogens is 290 g/mol. The van der Waals surface area contributed by atoms with E-state index in [1.807, 2.05) is 24.3 Å². The van der Waals surface area contributed by atoms with Crippen LogP contribution in [0.5, 0.6) is 0 Å². The molecule has 0 saturated heterocycles. The number of benzene rings is 1. The van der Waals surface area contributed by atoms with Crippen molar-refractivity contribution in [2.24, 2.45) is 0 Å². The maximum atomic E-state index is 6.11. The van der Waals surface area contributed by atoms with Crippen molar-refractivity contribution in [3.63, 3.8) is 0 Å². The van der Waals surface area contributed by atoms with Gasteiger partial charge in [-0.25, -0.2) is 0 Å². The molecule has 2 N–H and O–H groups in total. The first-order chi connectivity index (χ1) is 10.3. The van der Waals surface area contributed by atoms with E-state index in [0.29, 0.717) is 24.9 Å². The third kappa shape index (κ3) is 5.17. The second-order valence-corrected chi connectivity index (χ2v) is 4.79. The van der Waals surface area contributed by atoms with Gasteiger partial charge in [-0.05, 0) is 18.1 Å². The van der Waals surface area contributed by atoms with Crippen LogP contribution >= 0.6 is 11.6 Å². The molecule has 0 aliphatic heterocycles. The molecular formula is C14H18ClN5O. The van der Waals surface area contributed by atoms with Crippen molar-refractivity contribution in [1.82, 2.24) is 15.2 Å². The molecule has 0 atom stereocenters. The Kier molecular flexibility index (Phi) is 6.18. The van der Waals surface area contributed by atoms with E-state index in [0.717, 1.165) is 23.6 Å². The number of anilines is 2. The van der Waals surface area contributed by atoms with Gasteiger partial charge in [0.1, 0.15) is 0 Å². The van der Waals surface area contributed by atoms with Gasteiger partial charge >= 0.3 is 0 Å². The average molecular weight is 308 g/mol. The van der Waals surface area contributed by atoms with Crippen LogP contribution in [-0.2, 0) is 11.3 Å². The van der Waals surface area contributed by atoms with Crippen molar-refractivity contribution in [2.45, 2.75) is 13.0 Å². The molecule has 0 aliphatic rings. The van der Waals surface area contributed by atoms with Crippen LogP contribution in [0.1, 0.15) is 12.0 Å². The average Bonchev–Trinajstić information content (AvgIpc) is 2.51. The summed E-state index contributed by atoms with van der Waals surface area (Å²) in [6.07, 6.45) is 2.47. The third-order valence-electron chi connectivity index (χ3n) is 2.78. The Bertz CT molecular complexity index is 567. The molecule has 0 fully saturated rings. The molecule has 0 spiro atoms. The largest absolute Gasteiger partial charge is 0.385 e. The van der Waals surface area contributed by atoms with Gasteiger partial charge in [-0.15, -0.1) is 5.10 Å². The van der Waals surface area contributed by atoms with Gasteiger partial charge in [0.05, 0.1) is 6.20 Å². The van der Waals surface area contributed by atoms with Gasteiger partial charge in [-0.1, -0.05) is 29.8 Å². The summed E-state index contributed by atoms with van der Waals surface area (Å²) >= 11 is 6.11. The second kappa shape index (κ2) is 8.39. The monoisotopic (exact) mass is 307 g/mol. The number of ether oxygens (including phenoxy) is 1. The number of aromatic nitrogens is 3. The van der Waals surface area contributed by atoms with Crippen LogP contribution in [0.3, 0.4) is 0 Å². The number of nitrogens with one attached hydrogen (secondary N) is 2. The summed E-state index contributed by atoms with van der Waals surface area (Å²) in [5.74, 6) is 1.15. The molecule has 6 nitrogen and oxygen atoms in total. The Hall–Kier alpha value is -1.92. The smallest absolute Gasteiger partial charge is 0.244 e. The highest BCUT2D eigenvalue weighted by atomic mass is 35.5. The molecule has 1 aromatic heterocycles. The molecule has 0 saturated carbocycles. The van der Waals surface area contributed by atoms with Crippen LogP contribution in [0.25, 0.3) is 0 Å². The molecule has 1 heterocycles. The Morgan fingerprint density at radius 1 is 1.24 bits per heavy atom. The molecule has 0 unspecified atom stereocenters. The van der Waals surface area contributed by atoms with E-state index in [4.69, 9.17) is 16.3 Å². The number of halogens is 1. The van der Waals surface area contributed by atoms with Crippen LogP contribution in [0.2, 0.25) is 5.02 Å². The van der Waals surface area contributed by atoms with E-state index in [2.05, 4.69) is 25.8 Å². The lowest BCUT2D eigenvalue weighted by molar-refractivity contribution is 0.197. The molecule has 7 heteroatoms. The first-order valence-electron chi connectivity index (χ1n) is 6.69. The zero-order chi connectivity index (χ0) is 14.9. The minimum atomic E-state index is 0.496. The molecule has 0 aliphatic carbocycles. The lowest BCUT2D eigenvalue weighted by Gasteiger charge is -2.08. The zero-order valence-corrected chi connectivity index (χ0v) is 12.6. The number of hydrogen-bond acceptors (Lipinski definition) is 6. The van der Waals surface area contributed by atoms with E-state index >= 15 is 0 Å². The van der Waals surface area contributed by atoms with Gasteiger partial charge < -0.3 is 15.4 Å². The Morgan fingerprint density at radius 2 is 2.10 bits per heavy atom. The fraction of sp³-hybridized carbons (Fsp3) is 0.357. The predicted octanol–water partition coefficient (Wildman–Crippen LogP) is 2.59. The minimum absolute atomic E-state index is 0.496.